The van der Waals surface area contributed by atoms with Crippen LogP contribution in [-0.4, -0.2) is 52.8 Å². The second-order valence-electron chi connectivity index (χ2n) is 20.1. The summed E-state index contributed by atoms with van der Waals surface area (Å²) in [7, 11) is 0. The number of fused-ring (bicyclic) bond motifs is 7. The lowest BCUT2D eigenvalue weighted by molar-refractivity contribution is -0.236. The molecule has 0 aromatic rings. The van der Waals surface area contributed by atoms with Crippen LogP contribution in [0.2, 0.25) is 0 Å². The summed E-state index contributed by atoms with van der Waals surface area (Å²) in [6.45, 7) is 22.0. The highest BCUT2D eigenvalue weighted by Crippen LogP contribution is 2.77. The third-order valence-electron chi connectivity index (χ3n) is 17.3. The van der Waals surface area contributed by atoms with E-state index in [1.807, 2.05) is 13.8 Å². The summed E-state index contributed by atoms with van der Waals surface area (Å²) in [6, 6.07) is 0. The van der Waals surface area contributed by atoms with E-state index in [1.54, 1.807) is 0 Å². The highest BCUT2D eigenvalue weighted by molar-refractivity contribution is 6.07. The molecule has 6 fully saturated rings. The number of ketones is 1. The first-order valence-corrected chi connectivity index (χ1v) is 19.8. The van der Waals surface area contributed by atoms with Gasteiger partial charge in [0, 0.05) is 24.9 Å². The fourth-order valence-electron chi connectivity index (χ4n) is 14.3. The summed E-state index contributed by atoms with van der Waals surface area (Å²) in [6.07, 6.45) is 10.6. The van der Waals surface area contributed by atoms with E-state index in [2.05, 4.69) is 53.4 Å². The fraction of sp³-hybridized carbons (Fsp3) is 0.857. The molecule has 0 aromatic carbocycles. The maximum Gasteiger partial charge on any atom is 0.309 e. The SMILES string of the molecule is CC(C)C1=C2[C@H]3CCC4[C@@]5(C)CC[C@H](OC(=O)[C@H]6C[C@@H](C(=O)O)C6(C)C)C(C)(C)C5CC[C@@]4(C)[C@]3(C)CC[C@@]2(C(=O)N2CCCC2)CC1=O. The van der Waals surface area contributed by atoms with Crippen molar-refractivity contribution in [2.75, 3.05) is 13.1 Å². The molecule has 1 N–H and O–H groups in total. The minimum absolute atomic E-state index is 0.00270. The third-order valence-corrected chi connectivity index (χ3v) is 17.3. The van der Waals surface area contributed by atoms with Crippen molar-refractivity contribution >= 4 is 23.6 Å². The Morgan fingerprint density at radius 3 is 2.08 bits per heavy atom. The number of carbonyl (C=O) groups is 4. The summed E-state index contributed by atoms with van der Waals surface area (Å²) in [5, 5.41) is 9.63. The summed E-state index contributed by atoms with van der Waals surface area (Å²) in [4.78, 5) is 55.8. The van der Waals surface area contributed by atoms with Gasteiger partial charge in [-0.1, -0.05) is 62.3 Å². The number of carbonyl (C=O) groups excluding carboxylic acids is 3. The molecule has 1 aliphatic heterocycles. The average Bonchev–Trinajstić information content (AvgIpc) is 3.64. The maximum atomic E-state index is 14.5. The fourth-order valence-corrected chi connectivity index (χ4v) is 14.3. The van der Waals surface area contributed by atoms with Gasteiger partial charge in [-0.15, -0.1) is 0 Å². The quantitative estimate of drug-likeness (QED) is 0.294. The van der Waals surface area contributed by atoms with Gasteiger partial charge in [0.15, 0.2) is 5.78 Å². The minimum atomic E-state index is -0.824. The number of esters is 1. The number of hydrogen-bond donors (Lipinski definition) is 1. The zero-order valence-electron chi connectivity index (χ0n) is 31.9. The number of nitrogens with zero attached hydrogens (tertiary/aromatic N) is 1. The lowest BCUT2D eigenvalue weighted by atomic mass is 9.33. The lowest BCUT2D eigenvalue weighted by Gasteiger charge is -2.72. The highest BCUT2D eigenvalue weighted by Gasteiger charge is 2.71. The van der Waals surface area contributed by atoms with E-state index in [9.17, 15) is 24.3 Å². The summed E-state index contributed by atoms with van der Waals surface area (Å²) >= 11 is 0. The number of rotatable bonds is 5. The van der Waals surface area contributed by atoms with Crippen molar-refractivity contribution in [3.63, 3.8) is 0 Å². The Morgan fingerprint density at radius 2 is 1.47 bits per heavy atom. The van der Waals surface area contributed by atoms with E-state index < -0.39 is 22.7 Å². The molecule has 6 aliphatic carbocycles. The van der Waals surface area contributed by atoms with Crippen LogP contribution in [0.3, 0.4) is 0 Å². The zero-order chi connectivity index (χ0) is 35.7. The van der Waals surface area contributed by atoms with Gasteiger partial charge < -0.3 is 14.7 Å². The Hall–Kier alpha value is -2.18. The molecule has 0 aromatic heterocycles. The van der Waals surface area contributed by atoms with Crippen molar-refractivity contribution in [3.05, 3.63) is 11.1 Å². The number of ether oxygens (including phenoxy) is 1. The maximum absolute atomic E-state index is 14.5. The van der Waals surface area contributed by atoms with E-state index in [1.165, 1.54) is 5.57 Å². The minimum Gasteiger partial charge on any atom is -0.481 e. The van der Waals surface area contributed by atoms with Crippen LogP contribution in [0, 0.1) is 68.0 Å². The molecule has 272 valence electrons. The first kappa shape index (κ1) is 35.2. The molecule has 1 heterocycles. The van der Waals surface area contributed by atoms with Gasteiger partial charge >= 0.3 is 11.9 Å². The number of hydrogen-bond acceptors (Lipinski definition) is 5. The van der Waals surface area contributed by atoms with E-state index in [-0.39, 0.29) is 63.2 Å². The van der Waals surface area contributed by atoms with Crippen molar-refractivity contribution in [2.24, 2.45) is 68.0 Å². The van der Waals surface area contributed by atoms with E-state index in [0.29, 0.717) is 24.7 Å². The highest BCUT2D eigenvalue weighted by atomic mass is 16.5. The number of aliphatic carboxylic acids is 1. The van der Waals surface area contributed by atoms with Gasteiger partial charge in [-0.3, -0.25) is 19.2 Å². The Bertz CT molecular complexity index is 1490. The molecule has 2 unspecified atom stereocenters. The molecule has 0 radical (unpaired) electrons. The molecule has 7 aliphatic rings. The van der Waals surface area contributed by atoms with Gasteiger partial charge in [-0.25, -0.2) is 0 Å². The van der Waals surface area contributed by atoms with Gasteiger partial charge in [0.25, 0.3) is 0 Å². The van der Waals surface area contributed by atoms with E-state index in [0.717, 1.165) is 82.9 Å². The number of carboxylic acid groups (broad SMARTS) is 1. The van der Waals surface area contributed by atoms with Crippen LogP contribution in [0.15, 0.2) is 11.1 Å². The predicted octanol–water partition coefficient (Wildman–Crippen LogP) is 8.25. The predicted molar refractivity (Wildman–Crippen MR) is 188 cm³/mol. The van der Waals surface area contributed by atoms with Crippen LogP contribution in [0.1, 0.15) is 139 Å². The van der Waals surface area contributed by atoms with Gasteiger partial charge in [0.1, 0.15) is 6.10 Å². The molecule has 10 atom stereocenters. The van der Waals surface area contributed by atoms with Crippen LogP contribution in [-0.2, 0) is 23.9 Å². The average molecular weight is 678 g/mol. The second kappa shape index (κ2) is 11.2. The number of carboxylic acids is 1. The molecule has 1 amide bonds. The Morgan fingerprint density at radius 1 is 0.796 bits per heavy atom. The van der Waals surface area contributed by atoms with Crippen LogP contribution in [0.4, 0.5) is 0 Å². The van der Waals surface area contributed by atoms with Gasteiger partial charge in [0.05, 0.1) is 17.3 Å². The van der Waals surface area contributed by atoms with E-state index in [4.69, 9.17) is 4.74 Å². The molecular formula is C42H63NO6. The normalized spacial score (nSPS) is 45.2. The van der Waals surface area contributed by atoms with Gasteiger partial charge in [0.2, 0.25) is 5.91 Å². The molecule has 1 saturated heterocycles. The lowest BCUT2D eigenvalue weighted by Crippen LogP contribution is -2.66. The smallest absolute Gasteiger partial charge is 0.309 e. The van der Waals surface area contributed by atoms with Crippen LogP contribution < -0.4 is 0 Å². The molecular weight excluding hydrogens is 614 g/mol. The van der Waals surface area contributed by atoms with Crippen molar-refractivity contribution in [2.45, 2.75) is 145 Å². The Labute approximate surface area is 294 Å². The topological polar surface area (TPSA) is 101 Å². The first-order valence-electron chi connectivity index (χ1n) is 19.8. The number of amides is 1. The molecule has 0 spiro atoms. The van der Waals surface area contributed by atoms with Crippen molar-refractivity contribution in [3.8, 4) is 0 Å². The first-order chi connectivity index (χ1) is 22.8. The second-order valence-corrected chi connectivity index (χ2v) is 20.1. The number of allylic oxidation sites excluding steroid dienone is 1. The molecule has 7 rings (SSSR count). The summed E-state index contributed by atoms with van der Waals surface area (Å²) in [5.41, 5.74) is 0.981. The van der Waals surface area contributed by atoms with Crippen molar-refractivity contribution < 1.29 is 29.0 Å². The van der Waals surface area contributed by atoms with Crippen LogP contribution >= 0.6 is 0 Å². The van der Waals surface area contributed by atoms with Crippen molar-refractivity contribution in [1.29, 1.82) is 0 Å². The zero-order valence-corrected chi connectivity index (χ0v) is 31.9. The van der Waals surface area contributed by atoms with Crippen LogP contribution in [0.5, 0.6) is 0 Å². The van der Waals surface area contributed by atoms with Gasteiger partial charge in [-0.2, -0.15) is 0 Å². The molecule has 7 nitrogen and oxygen atoms in total. The Balaban J connectivity index is 1.17. The number of likely N-dealkylation sites (tertiary alicyclic amines) is 1. The largest absolute Gasteiger partial charge is 0.481 e. The van der Waals surface area contributed by atoms with Crippen LogP contribution in [0.25, 0.3) is 0 Å². The monoisotopic (exact) mass is 677 g/mol. The Kier molecular flexibility index (Phi) is 8.02. The molecule has 5 saturated carbocycles. The van der Waals surface area contributed by atoms with E-state index >= 15 is 0 Å². The molecule has 7 heteroatoms. The van der Waals surface area contributed by atoms with Crippen molar-refractivity contribution in [1.82, 2.24) is 4.90 Å². The molecule has 0 bridgehead atoms. The number of Topliss-reactive ketones (excluding diaryl/α,β-unsaturated/α-hetero) is 1. The summed E-state index contributed by atoms with van der Waals surface area (Å²) < 4.78 is 6.40. The third kappa shape index (κ3) is 4.57. The standard InChI is InChI=1S/C42H63NO6/c1-24(2)32-28(44)23-42(36(48)43-20-10-11-21-43)19-18-40(8)25(33(32)42)12-13-30-39(7)16-15-31(38(5,6)29(39)14-17-41(30,40)9)49-35(47)27-22-26(34(45)46)37(27,3)4/h24-27,29-31H,10-23H2,1-9H3,(H,45,46)/t25-,26+,27-,29?,30?,31+,39+,40-,41-,42-/m1/s1. The summed E-state index contributed by atoms with van der Waals surface area (Å²) in [5.74, 6) is -0.148. The van der Waals surface area contributed by atoms with Gasteiger partial charge in [-0.05, 0) is 127 Å². The molecule has 49 heavy (non-hydrogen) atoms.